The van der Waals surface area contributed by atoms with Crippen LogP contribution < -0.4 is 10.1 Å². The molecule has 1 heterocycles. The Labute approximate surface area is 140 Å². The number of aryl methyl sites for hydroxylation is 1. The number of carbonyl (C=O) groups is 1. The SMILES string of the molecule is Cc1ccc(Cl)c(OCn2ccc(C(=O)NC3CCCC3)n2)c1. The van der Waals surface area contributed by atoms with Gasteiger partial charge in [-0.15, -0.1) is 0 Å². The number of rotatable bonds is 5. The molecule has 1 aliphatic rings. The van der Waals surface area contributed by atoms with Crippen molar-refractivity contribution in [3.63, 3.8) is 0 Å². The maximum atomic E-state index is 12.1. The van der Waals surface area contributed by atoms with Crippen LogP contribution in [0.25, 0.3) is 0 Å². The van der Waals surface area contributed by atoms with Crippen LogP contribution in [0.3, 0.4) is 0 Å². The van der Waals surface area contributed by atoms with Gasteiger partial charge in [0.2, 0.25) is 0 Å². The second kappa shape index (κ2) is 7.04. The molecular formula is C17H20ClN3O2. The summed E-state index contributed by atoms with van der Waals surface area (Å²) in [5, 5.41) is 7.84. The minimum Gasteiger partial charge on any atom is -0.470 e. The Balaban J connectivity index is 1.58. The Kier molecular flexibility index (Phi) is 4.86. The highest BCUT2D eigenvalue weighted by Crippen LogP contribution is 2.25. The van der Waals surface area contributed by atoms with Gasteiger partial charge in [-0.3, -0.25) is 4.79 Å². The average molecular weight is 334 g/mol. The van der Waals surface area contributed by atoms with Crippen molar-refractivity contribution in [1.29, 1.82) is 0 Å². The van der Waals surface area contributed by atoms with E-state index >= 15 is 0 Å². The molecular weight excluding hydrogens is 314 g/mol. The summed E-state index contributed by atoms with van der Waals surface area (Å²) in [5.74, 6) is 0.489. The number of hydrogen-bond donors (Lipinski definition) is 1. The first-order valence-corrected chi connectivity index (χ1v) is 8.23. The number of amides is 1. The molecule has 1 aliphatic carbocycles. The Bertz CT molecular complexity index is 693. The molecule has 0 aliphatic heterocycles. The van der Waals surface area contributed by atoms with Crippen LogP contribution in [0.4, 0.5) is 0 Å². The lowest BCUT2D eigenvalue weighted by Crippen LogP contribution is -2.32. The molecule has 1 aromatic heterocycles. The quantitative estimate of drug-likeness (QED) is 0.910. The number of ether oxygens (including phenoxy) is 1. The van der Waals surface area contributed by atoms with Gasteiger partial charge < -0.3 is 10.1 Å². The maximum absolute atomic E-state index is 12.1. The largest absolute Gasteiger partial charge is 0.470 e. The summed E-state index contributed by atoms with van der Waals surface area (Å²) in [4.78, 5) is 12.1. The molecule has 1 fully saturated rings. The second-order valence-electron chi connectivity index (χ2n) is 5.90. The van der Waals surface area contributed by atoms with Gasteiger partial charge in [0.25, 0.3) is 5.91 Å². The lowest BCUT2D eigenvalue weighted by molar-refractivity contribution is 0.0930. The number of hydrogen-bond acceptors (Lipinski definition) is 3. The Morgan fingerprint density at radius 1 is 1.39 bits per heavy atom. The number of aromatic nitrogens is 2. The summed E-state index contributed by atoms with van der Waals surface area (Å²) in [6.45, 7) is 2.18. The predicted octanol–water partition coefficient (Wildman–Crippen LogP) is 3.55. The number of nitrogens with one attached hydrogen (secondary N) is 1. The molecule has 6 heteroatoms. The summed E-state index contributed by atoms with van der Waals surface area (Å²) in [7, 11) is 0. The molecule has 1 amide bonds. The monoisotopic (exact) mass is 333 g/mol. The number of benzene rings is 1. The number of nitrogens with zero attached hydrogens (tertiary/aromatic N) is 2. The maximum Gasteiger partial charge on any atom is 0.271 e. The van der Waals surface area contributed by atoms with Gasteiger partial charge in [0.15, 0.2) is 6.73 Å². The van der Waals surface area contributed by atoms with Crippen molar-refractivity contribution in [2.45, 2.75) is 45.4 Å². The van der Waals surface area contributed by atoms with Gasteiger partial charge in [0.1, 0.15) is 11.4 Å². The molecule has 0 radical (unpaired) electrons. The molecule has 5 nitrogen and oxygen atoms in total. The van der Waals surface area contributed by atoms with E-state index in [0.29, 0.717) is 16.5 Å². The van der Waals surface area contributed by atoms with Crippen molar-refractivity contribution in [3.8, 4) is 5.75 Å². The van der Waals surface area contributed by atoms with Crippen LogP contribution in [0.5, 0.6) is 5.75 Å². The molecule has 0 unspecified atom stereocenters. The first kappa shape index (κ1) is 15.9. The van der Waals surface area contributed by atoms with Gasteiger partial charge in [-0.25, -0.2) is 4.68 Å². The molecule has 0 bridgehead atoms. The van der Waals surface area contributed by atoms with Crippen molar-refractivity contribution in [2.75, 3.05) is 0 Å². The fraction of sp³-hybridized carbons (Fsp3) is 0.412. The number of halogens is 1. The van der Waals surface area contributed by atoms with Crippen LogP contribution in [-0.4, -0.2) is 21.7 Å². The van der Waals surface area contributed by atoms with Gasteiger partial charge in [0, 0.05) is 12.2 Å². The van der Waals surface area contributed by atoms with E-state index in [1.807, 2.05) is 19.1 Å². The van der Waals surface area contributed by atoms with Crippen molar-refractivity contribution < 1.29 is 9.53 Å². The number of carbonyl (C=O) groups excluding carboxylic acids is 1. The molecule has 3 rings (SSSR count). The van der Waals surface area contributed by atoms with E-state index in [0.717, 1.165) is 18.4 Å². The molecule has 122 valence electrons. The topological polar surface area (TPSA) is 56.1 Å². The Morgan fingerprint density at radius 2 is 2.17 bits per heavy atom. The summed E-state index contributed by atoms with van der Waals surface area (Å²) in [6, 6.07) is 7.59. The van der Waals surface area contributed by atoms with Crippen LogP contribution in [0.2, 0.25) is 5.02 Å². The van der Waals surface area contributed by atoms with Gasteiger partial charge in [-0.1, -0.05) is 30.5 Å². The molecule has 1 saturated carbocycles. The summed E-state index contributed by atoms with van der Waals surface area (Å²) in [5.41, 5.74) is 1.48. The third kappa shape index (κ3) is 4.05. The van der Waals surface area contributed by atoms with E-state index in [-0.39, 0.29) is 18.7 Å². The summed E-state index contributed by atoms with van der Waals surface area (Å²) < 4.78 is 7.25. The van der Waals surface area contributed by atoms with Crippen LogP contribution in [0, 0.1) is 6.92 Å². The van der Waals surface area contributed by atoms with Crippen molar-refractivity contribution in [3.05, 3.63) is 46.7 Å². The molecule has 23 heavy (non-hydrogen) atoms. The molecule has 1 N–H and O–H groups in total. The fourth-order valence-corrected chi connectivity index (χ4v) is 2.91. The smallest absolute Gasteiger partial charge is 0.271 e. The molecule has 0 saturated heterocycles. The highest BCUT2D eigenvalue weighted by atomic mass is 35.5. The zero-order valence-corrected chi connectivity index (χ0v) is 13.8. The van der Waals surface area contributed by atoms with Crippen LogP contribution in [0.1, 0.15) is 41.7 Å². The van der Waals surface area contributed by atoms with Crippen molar-refractivity contribution in [2.24, 2.45) is 0 Å². The Hall–Kier alpha value is -2.01. The lowest BCUT2D eigenvalue weighted by Gasteiger charge is -2.10. The first-order chi connectivity index (χ1) is 11.1. The van der Waals surface area contributed by atoms with Crippen molar-refractivity contribution in [1.82, 2.24) is 15.1 Å². The van der Waals surface area contributed by atoms with Gasteiger partial charge in [-0.05, 0) is 43.5 Å². The lowest BCUT2D eigenvalue weighted by atomic mass is 10.2. The van der Waals surface area contributed by atoms with Gasteiger partial charge >= 0.3 is 0 Å². The molecule has 1 aromatic carbocycles. The first-order valence-electron chi connectivity index (χ1n) is 7.85. The molecule has 2 aromatic rings. The van der Waals surface area contributed by atoms with Crippen LogP contribution >= 0.6 is 11.6 Å². The highest BCUT2D eigenvalue weighted by Gasteiger charge is 2.19. The third-order valence-corrected chi connectivity index (χ3v) is 4.31. The van der Waals surface area contributed by atoms with Gasteiger partial charge in [-0.2, -0.15) is 5.10 Å². The summed E-state index contributed by atoms with van der Waals surface area (Å²) in [6.07, 6.45) is 6.21. The van der Waals surface area contributed by atoms with Crippen molar-refractivity contribution >= 4 is 17.5 Å². The van der Waals surface area contributed by atoms with E-state index in [2.05, 4.69) is 10.4 Å². The molecule has 0 spiro atoms. The third-order valence-electron chi connectivity index (χ3n) is 4.00. The zero-order chi connectivity index (χ0) is 16.2. The van der Waals surface area contributed by atoms with E-state index < -0.39 is 0 Å². The highest BCUT2D eigenvalue weighted by molar-refractivity contribution is 6.32. The van der Waals surface area contributed by atoms with Crippen LogP contribution in [-0.2, 0) is 6.73 Å². The van der Waals surface area contributed by atoms with Crippen LogP contribution in [0.15, 0.2) is 30.5 Å². The average Bonchev–Trinajstić information content (AvgIpc) is 3.19. The fourth-order valence-electron chi connectivity index (χ4n) is 2.74. The van der Waals surface area contributed by atoms with E-state index in [4.69, 9.17) is 16.3 Å². The second-order valence-corrected chi connectivity index (χ2v) is 6.31. The standard InChI is InChI=1S/C17H20ClN3O2/c1-12-6-7-14(18)16(10-12)23-11-21-9-8-15(20-21)17(22)19-13-4-2-3-5-13/h6-10,13H,2-5,11H2,1H3,(H,19,22). The minimum atomic E-state index is -0.121. The molecule has 0 atom stereocenters. The van der Waals surface area contributed by atoms with E-state index in [1.54, 1.807) is 23.0 Å². The normalized spacial score (nSPS) is 14.9. The summed E-state index contributed by atoms with van der Waals surface area (Å²) >= 11 is 6.09. The zero-order valence-electron chi connectivity index (χ0n) is 13.1. The minimum absolute atomic E-state index is 0.121. The van der Waals surface area contributed by atoms with E-state index in [9.17, 15) is 4.79 Å². The predicted molar refractivity (Wildman–Crippen MR) is 88.8 cm³/mol. The van der Waals surface area contributed by atoms with Gasteiger partial charge in [0.05, 0.1) is 5.02 Å². The Morgan fingerprint density at radius 3 is 2.96 bits per heavy atom. The van der Waals surface area contributed by atoms with E-state index in [1.165, 1.54) is 12.8 Å².